The Balaban J connectivity index is 1.59. The first-order chi connectivity index (χ1) is 12.8. The van der Waals surface area contributed by atoms with Crippen molar-refractivity contribution < 1.29 is 17.9 Å². The molecule has 3 heterocycles. The monoisotopic (exact) mass is 382 g/mol. The number of aromatic nitrogens is 4. The van der Waals surface area contributed by atoms with Crippen LogP contribution in [0.1, 0.15) is 22.8 Å². The van der Waals surface area contributed by atoms with Crippen molar-refractivity contribution >= 4 is 5.95 Å². The van der Waals surface area contributed by atoms with Gasteiger partial charge in [0.1, 0.15) is 12.3 Å². The van der Waals surface area contributed by atoms with Crippen LogP contribution in [0.2, 0.25) is 0 Å². The molecular formula is C17H21F3N6O. The normalized spacial score (nSPS) is 16.0. The molecule has 0 N–H and O–H groups in total. The van der Waals surface area contributed by atoms with Gasteiger partial charge in [-0.25, -0.2) is 19.9 Å². The molecule has 3 rings (SSSR count). The maximum atomic E-state index is 13.0. The van der Waals surface area contributed by atoms with E-state index in [4.69, 9.17) is 4.74 Å². The number of hydrogen-bond acceptors (Lipinski definition) is 7. The highest BCUT2D eigenvalue weighted by Gasteiger charge is 2.34. The molecule has 146 valence electrons. The van der Waals surface area contributed by atoms with Gasteiger partial charge in [-0.15, -0.1) is 0 Å². The van der Waals surface area contributed by atoms with Gasteiger partial charge in [0.05, 0.1) is 0 Å². The maximum Gasteiger partial charge on any atom is 0.433 e. The van der Waals surface area contributed by atoms with E-state index in [2.05, 4.69) is 24.8 Å². The number of halogens is 3. The van der Waals surface area contributed by atoms with E-state index in [0.717, 1.165) is 11.6 Å². The van der Waals surface area contributed by atoms with E-state index in [9.17, 15) is 13.2 Å². The highest BCUT2D eigenvalue weighted by molar-refractivity contribution is 5.34. The van der Waals surface area contributed by atoms with E-state index in [1.165, 1.54) is 0 Å². The summed E-state index contributed by atoms with van der Waals surface area (Å²) >= 11 is 0. The molecule has 0 saturated carbocycles. The van der Waals surface area contributed by atoms with Crippen molar-refractivity contribution in [1.82, 2.24) is 24.8 Å². The second kappa shape index (κ2) is 8.13. The average molecular weight is 382 g/mol. The standard InChI is InChI=1S/C17H21F3N6O/c1-12-7-14(17(18,19)20)24-16(23-12)26-5-3-25(4-6-26)10-13-8-21-15(11-27-2)22-9-13/h7-9H,3-6,10-11H2,1-2H3. The average Bonchev–Trinajstić information content (AvgIpc) is 2.63. The zero-order valence-corrected chi connectivity index (χ0v) is 15.2. The molecule has 1 aliphatic rings. The third-order valence-electron chi connectivity index (χ3n) is 4.23. The molecule has 0 atom stereocenters. The summed E-state index contributed by atoms with van der Waals surface area (Å²) in [5.74, 6) is 0.761. The molecule has 2 aromatic rings. The Hall–Kier alpha value is -2.33. The molecule has 0 aromatic carbocycles. The van der Waals surface area contributed by atoms with E-state index in [1.54, 1.807) is 31.3 Å². The molecule has 0 amide bonds. The van der Waals surface area contributed by atoms with Gasteiger partial charge < -0.3 is 9.64 Å². The number of hydrogen-bond donors (Lipinski definition) is 0. The summed E-state index contributed by atoms with van der Waals surface area (Å²) in [5, 5.41) is 0. The van der Waals surface area contributed by atoms with Crippen molar-refractivity contribution in [2.24, 2.45) is 0 Å². The fourth-order valence-corrected chi connectivity index (χ4v) is 2.87. The van der Waals surface area contributed by atoms with Crippen LogP contribution >= 0.6 is 0 Å². The van der Waals surface area contributed by atoms with Gasteiger partial charge in [0.15, 0.2) is 5.82 Å². The van der Waals surface area contributed by atoms with E-state index in [1.807, 2.05) is 0 Å². The van der Waals surface area contributed by atoms with Crippen molar-refractivity contribution in [3.8, 4) is 0 Å². The highest BCUT2D eigenvalue weighted by atomic mass is 19.4. The maximum absolute atomic E-state index is 13.0. The summed E-state index contributed by atoms with van der Waals surface area (Å²) in [4.78, 5) is 20.3. The van der Waals surface area contributed by atoms with Crippen LogP contribution in [0, 0.1) is 6.92 Å². The van der Waals surface area contributed by atoms with E-state index >= 15 is 0 Å². The van der Waals surface area contributed by atoms with Crippen LogP contribution in [0.25, 0.3) is 0 Å². The lowest BCUT2D eigenvalue weighted by Crippen LogP contribution is -2.46. The van der Waals surface area contributed by atoms with Crippen molar-refractivity contribution in [2.45, 2.75) is 26.3 Å². The van der Waals surface area contributed by atoms with Gasteiger partial charge in [0.2, 0.25) is 5.95 Å². The van der Waals surface area contributed by atoms with Gasteiger partial charge in [-0.2, -0.15) is 13.2 Å². The molecule has 0 spiro atoms. The molecule has 0 bridgehead atoms. The molecule has 0 unspecified atom stereocenters. The van der Waals surface area contributed by atoms with Crippen LogP contribution < -0.4 is 4.90 Å². The van der Waals surface area contributed by atoms with Gasteiger partial charge in [0.25, 0.3) is 0 Å². The minimum atomic E-state index is -4.47. The summed E-state index contributed by atoms with van der Waals surface area (Å²) in [6, 6.07) is 0.965. The van der Waals surface area contributed by atoms with Crippen LogP contribution in [-0.4, -0.2) is 58.1 Å². The van der Waals surface area contributed by atoms with Crippen molar-refractivity contribution in [3.05, 3.63) is 41.2 Å². The molecule has 0 radical (unpaired) electrons. The van der Waals surface area contributed by atoms with E-state index in [-0.39, 0.29) is 5.95 Å². The largest absolute Gasteiger partial charge is 0.433 e. The van der Waals surface area contributed by atoms with Gasteiger partial charge in [0, 0.05) is 63.5 Å². The Labute approximate surface area is 155 Å². The van der Waals surface area contributed by atoms with Gasteiger partial charge in [-0.1, -0.05) is 0 Å². The first kappa shape index (κ1) is 19.4. The SMILES string of the molecule is COCc1ncc(CN2CCN(c3nc(C)cc(C(F)(F)F)n3)CC2)cn1. The van der Waals surface area contributed by atoms with Crippen molar-refractivity contribution in [3.63, 3.8) is 0 Å². The summed E-state index contributed by atoms with van der Waals surface area (Å²) in [6.45, 7) is 5.10. The summed E-state index contributed by atoms with van der Waals surface area (Å²) in [5.41, 5.74) is 0.387. The van der Waals surface area contributed by atoms with Crippen LogP contribution in [-0.2, 0) is 24.1 Å². The third kappa shape index (κ3) is 5.10. The number of piperazine rings is 1. The second-order valence-electron chi connectivity index (χ2n) is 6.40. The molecule has 0 aliphatic carbocycles. The number of alkyl halides is 3. The fourth-order valence-electron chi connectivity index (χ4n) is 2.87. The lowest BCUT2D eigenvalue weighted by atomic mass is 10.2. The van der Waals surface area contributed by atoms with Crippen LogP contribution in [0.4, 0.5) is 19.1 Å². The number of nitrogens with zero attached hydrogens (tertiary/aromatic N) is 6. The zero-order valence-electron chi connectivity index (χ0n) is 15.2. The fraction of sp³-hybridized carbons (Fsp3) is 0.529. The third-order valence-corrected chi connectivity index (χ3v) is 4.23. The first-order valence-corrected chi connectivity index (χ1v) is 8.54. The minimum absolute atomic E-state index is 0.134. The number of anilines is 1. The highest BCUT2D eigenvalue weighted by Crippen LogP contribution is 2.29. The lowest BCUT2D eigenvalue weighted by Gasteiger charge is -2.34. The molecule has 1 aliphatic heterocycles. The Morgan fingerprint density at radius 3 is 2.33 bits per heavy atom. The number of rotatable bonds is 5. The summed E-state index contributed by atoms with van der Waals surface area (Å²) in [6.07, 6.45) is -0.931. The molecule has 10 heteroatoms. The Kier molecular flexibility index (Phi) is 5.85. The molecule has 1 fully saturated rings. The van der Waals surface area contributed by atoms with Crippen molar-refractivity contribution in [1.29, 1.82) is 0 Å². The first-order valence-electron chi connectivity index (χ1n) is 8.54. The van der Waals surface area contributed by atoms with E-state index in [0.29, 0.717) is 50.8 Å². The summed E-state index contributed by atoms with van der Waals surface area (Å²) < 4.78 is 43.9. The zero-order chi connectivity index (χ0) is 19.4. The predicted molar refractivity (Wildman–Crippen MR) is 92.0 cm³/mol. The molecule has 1 saturated heterocycles. The predicted octanol–water partition coefficient (Wildman–Crippen LogP) is 2.06. The Morgan fingerprint density at radius 2 is 1.74 bits per heavy atom. The van der Waals surface area contributed by atoms with E-state index < -0.39 is 11.9 Å². The van der Waals surface area contributed by atoms with Crippen molar-refractivity contribution in [2.75, 3.05) is 38.2 Å². The van der Waals surface area contributed by atoms with Gasteiger partial charge in [-0.3, -0.25) is 4.90 Å². The Morgan fingerprint density at radius 1 is 1.07 bits per heavy atom. The summed E-state index contributed by atoms with van der Waals surface area (Å²) in [7, 11) is 1.59. The number of aryl methyl sites for hydroxylation is 1. The molecular weight excluding hydrogens is 361 g/mol. The van der Waals surface area contributed by atoms with Gasteiger partial charge >= 0.3 is 6.18 Å². The molecule has 2 aromatic heterocycles. The molecule has 7 nitrogen and oxygen atoms in total. The minimum Gasteiger partial charge on any atom is -0.377 e. The smallest absolute Gasteiger partial charge is 0.377 e. The number of ether oxygens (including phenoxy) is 1. The van der Waals surface area contributed by atoms with Crippen LogP contribution in [0.3, 0.4) is 0 Å². The lowest BCUT2D eigenvalue weighted by molar-refractivity contribution is -0.141. The second-order valence-corrected chi connectivity index (χ2v) is 6.40. The Bertz CT molecular complexity index is 760. The quantitative estimate of drug-likeness (QED) is 0.784. The topological polar surface area (TPSA) is 67.3 Å². The van der Waals surface area contributed by atoms with Crippen LogP contribution in [0.15, 0.2) is 18.5 Å². The van der Waals surface area contributed by atoms with Gasteiger partial charge in [-0.05, 0) is 13.0 Å². The van der Waals surface area contributed by atoms with Crippen LogP contribution in [0.5, 0.6) is 0 Å². The number of methoxy groups -OCH3 is 1. The molecule has 27 heavy (non-hydrogen) atoms.